The molecule has 2 aliphatic rings. The largest absolute Gasteiger partial charge is 0.454 e. The average Bonchev–Trinajstić information content (AvgIpc) is 3.27. The summed E-state index contributed by atoms with van der Waals surface area (Å²) in [4.78, 5) is 33.3. The van der Waals surface area contributed by atoms with E-state index in [0.29, 0.717) is 56.7 Å². The number of ether oxygens (including phenoxy) is 2. The Morgan fingerprint density at radius 3 is 2.86 bits per heavy atom. The first-order valence-electron chi connectivity index (χ1n) is 11.9. The standard InChI is InChI=1S/C27H23FN4O4S/c1-15-12-21(36-17-7-3-2-4-8-17)18(28)13-20(15)32-19-9-10-29-26-22(19)23(31-27(32)34)24(37-26)25(33)30-16-6-5-11-35-14-16/h2-4,7-10,12-13,16H,5-6,11,14H2,1H3,(H,30,33)(H,31,34)/t16-/m1/s1. The Morgan fingerprint density at radius 2 is 2.08 bits per heavy atom. The van der Waals surface area contributed by atoms with E-state index in [4.69, 9.17) is 9.47 Å². The molecule has 1 fully saturated rings. The molecule has 0 saturated carbocycles. The van der Waals surface area contributed by atoms with Gasteiger partial charge in [0.1, 0.15) is 15.5 Å². The number of carbonyl (C=O) groups excluding carboxylic acids is 2. The Kier molecular flexibility index (Phi) is 5.97. The van der Waals surface area contributed by atoms with Crippen molar-refractivity contribution in [3.8, 4) is 11.5 Å². The first-order chi connectivity index (χ1) is 18.0. The van der Waals surface area contributed by atoms with E-state index >= 15 is 4.39 Å². The van der Waals surface area contributed by atoms with Crippen LogP contribution in [0.1, 0.15) is 28.1 Å². The highest BCUT2D eigenvalue weighted by Gasteiger charge is 2.34. The zero-order valence-corrected chi connectivity index (χ0v) is 20.7. The number of halogens is 1. The molecule has 37 heavy (non-hydrogen) atoms. The molecule has 1 atom stereocenters. The Labute approximate surface area is 216 Å². The highest BCUT2D eigenvalue weighted by Crippen LogP contribution is 2.47. The van der Waals surface area contributed by atoms with Crippen molar-refractivity contribution in [1.82, 2.24) is 10.3 Å². The lowest BCUT2D eigenvalue weighted by molar-refractivity contribution is 0.0626. The first kappa shape index (κ1) is 23.4. The van der Waals surface area contributed by atoms with E-state index in [0.717, 1.165) is 12.8 Å². The molecule has 4 heterocycles. The Bertz CT molecular complexity index is 1520. The molecular weight excluding hydrogens is 495 g/mol. The number of benzene rings is 2. The Hall–Kier alpha value is -4.02. The Balaban J connectivity index is 1.37. The summed E-state index contributed by atoms with van der Waals surface area (Å²) < 4.78 is 26.3. The van der Waals surface area contributed by atoms with Crippen LogP contribution in [0.5, 0.6) is 11.5 Å². The molecule has 0 bridgehead atoms. The molecule has 10 heteroatoms. The lowest BCUT2D eigenvalue weighted by atomic mass is 10.1. The minimum atomic E-state index is -0.603. The molecule has 2 aliphatic heterocycles. The van der Waals surface area contributed by atoms with Gasteiger partial charge in [-0.2, -0.15) is 0 Å². The second kappa shape index (κ2) is 9.45. The van der Waals surface area contributed by atoms with E-state index < -0.39 is 11.8 Å². The van der Waals surface area contributed by atoms with E-state index in [1.165, 1.54) is 22.3 Å². The molecule has 2 N–H and O–H groups in total. The number of urea groups is 1. The van der Waals surface area contributed by atoms with Crippen molar-refractivity contribution in [2.75, 3.05) is 23.4 Å². The predicted octanol–water partition coefficient (Wildman–Crippen LogP) is 6.13. The van der Waals surface area contributed by atoms with Crippen molar-refractivity contribution < 1.29 is 23.5 Å². The summed E-state index contributed by atoms with van der Waals surface area (Å²) in [5, 5.41) is 6.50. The summed E-state index contributed by atoms with van der Waals surface area (Å²) in [6.07, 6.45) is 3.30. The molecular formula is C27H23FN4O4S. The number of anilines is 3. The topological polar surface area (TPSA) is 92.8 Å². The number of nitrogens with zero attached hydrogens (tertiary/aromatic N) is 2. The zero-order valence-electron chi connectivity index (χ0n) is 19.9. The van der Waals surface area contributed by atoms with Crippen molar-refractivity contribution in [2.45, 2.75) is 25.8 Å². The van der Waals surface area contributed by atoms with E-state index in [1.54, 1.807) is 49.5 Å². The summed E-state index contributed by atoms with van der Waals surface area (Å²) in [6, 6.07) is 12.9. The summed E-state index contributed by atoms with van der Waals surface area (Å²) in [5.41, 5.74) is 1.95. The fraction of sp³-hybridized carbons (Fsp3) is 0.222. The van der Waals surface area contributed by atoms with Gasteiger partial charge in [0.2, 0.25) is 0 Å². The van der Waals surface area contributed by atoms with Crippen molar-refractivity contribution in [3.05, 3.63) is 71.0 Å². The number of rotatable bonds is 5. The minimum Gasteiger partial charge on any atom is -0.454 e. The Morgan fingerprint density at radius 1 is 1.24 bits per heavy atom. The monoisotopic (exact) mass is 518 g/mol. The van der Waals surface area contributed by atoms with E-state index in [1.807, 2.05) is 6.07 Å². The van der Waals surface area contributed by atoms with Gasteiger partial charge in [-0.05, 0) is 49.6 Å². The number of hydrogen-bond donors (Lipinski definition) is 2. The summed E-state index contributed by atoms with van der Waals surface area (Å²) in [5.74, 6) is -0.313. The first-order valence-corrected chi connectivity index (χ1v) is 12.8. The molecule has 0 radical (unpaired) electrons. The van der Waals surface area contributed by atoms with E-state index in [9.17, 15) is 9.59 Å². The van der Waals surface area contributed by atoms with Gasteiger partial charge in [-0.15, -0.1) is 11.3 Å². The average molecular weight is 519 g/mol. The van der Waals surface area contributed by atoms with Crippen LogP contribution in [-0.4, -0.2) is 36.2 Å². The highest BCUT2D eigenvalue weighted by atomic mass is 32.1. The van der Waals surface area contributed by atoms with Crippen LogP contribution in [0.3, 0.4) is 0 Å². The molecule has 3 amide bonds. The summed E-state index contributed by atoms with van der Waals surface area (Å²) in [6.45, 7) is 2.94. The molecule has 8 nitrogen and oxygen atoms in total. The van der Waals surface area contributed by atoms with E-state index in [2.05, 4.69) is 15.6 Å². The van der Waals surface area contributed by atoms with Gasteiger partial charge in [-0.1, -0.05) is 18.2 Å². The van der Waals surface area contributed by atoms with Crippen LogP contribution in [0, 0.1) is 12.7 Å². The smallest absolute Gasteiger partial charge is 0.331 e. The quantitative estimate of drug-likeness (QED) is 0.332. The lowest BCUT2D eigenvalue weighted by Gasteiger charge is -2.30. The molecule has 0 spiro atoms. The molecule has 2 aromatic carbocycles. The third-order valence-corrected chi connectivity index (χ3v) is 7.51. The van der Waals surface area contributed by atoms with Crippen molar-refractivity contribution in [1.29, 1.82) is 0 Å². The number of thiophene rings is 1. The number of aryl methyl sites for hydroxylation is 1. The molecule has 188 valence electrons. The summed E-state index contributed by atoms with van der Waals surface area (Å²) in [7, 11) is 0. The second-order valence-corrected chi connectivity index (χ2v) is 9.95. The number of nitrogens with one attached hydrogen (secondary N) is 2. The molecule has 0 unspecified atom stereocenters. The number of amides is 3. The third kappa shape index (κ3) is 4.28. The second-order valence-electron chi connectivity index (χ2n) is 8.95. The molecule has 1 saturated heterocycles. The molecule has 2 aromatic heterocycles. The number of hydrogen-bond acceptors (Lipinski definition) is 6. The minimum absolute atomic E-state index is 0.0617. The van der Waals surface area contributed by atoms with Crippen LogP contribution in [0.25, 0.3) is 10.2 Å². The predicted molar refractivity (Wildman–Crippen MR) is 140 cm³/mol. The number of para-hydroxylation sites is 1. The van der Waals surface area contributed by atoms with Crippen LogP contribution in [-0.2, 0) is 4.74 Å². The fourth-order valence-corrected chi connectivity index (χ4v) is 5.69. The molecule has 4 aromatic rings. The van der Waals surface area contributed by atoms with Crippen molar-refractivity contribution in [2.24, 2.45) is 0 Å². The van der Waals surface area contributed by atoms with Gasteiger partial charge in [-0.3, -0.25) is 9.69 Å². The van der Waals surface area contributed by atoms with Crippen molar-refractivity contribution in [3.63, 3.8) is 0 Å². The van der Waals surface area contributed by atoms with Crippen LogP contribution >= 0.6 is 11.3 Å². The van der Waals surface area contributed by atoms with Gasteiger partial charge >= 0.3 is 6.03 Å². The zero-order chi connectivity index (χ0) is 25.5. The molecule has 6 rings (SSSR count). The molecule has 0 aliphatic carbocycles. The van der Waals surface area contributed by atoms with Crippen LogP contribution < -0.4 is 20.3 Å². The summed E-state index contributed by atoms with van der Waals surface area (Å²) >= 11 is 1.21. The highest BCUT2D eigenvalue weighted by molar-refractivity contribution is 7.21. The lowest BCUT2D eigenvalue weighted by Crippen LogP contribution is -2.41. The van der Waals surface area contributed by atoms with Gasteiger partial charge in [0.05, 0.1) is 35.1 Å². The van der Waals surface area contributed by atoms with Crippen LogP contribution in [0.4, 0.5) is 26.2 Å². The van der Waals surface area contributed by atoms with Gasteiger partial charge in [0.25, 0.3) is 5.91 Å². The van der Waals surface area contributed by atoms with E-state index in [-0.39, 0.29) is 17.7 Å². The normalized spacial score (nSPS) is 17.0. The number of carbonyl (C=O) groups is 2. The maximum absolute atomic E-state index is 15.2. The van der Waals surface area contributed by atoms with Gasteiger partial charge in [0.15, 0.2) is 11.6 Å². The van der Waals surface area contributed by atoms with Crippen LogP contribution in [0.15, 0.2) is 54.7 Å². The van der Waals surface area contributed by atoms with Crippen molar-refractivity contribution >= 4 is 50.6 Å². The van der Waals surface area contributed by atoms with Crippen LogP contribution in [0.2, 0.25) is 0 Å². The number of aromatic nitrogens is 1. The maximum atomic E-state index is 15.2. The third-order valence-electron chi connectivity index (χ3n) is 6.41. The fourth-order valence-electron chi connectivity index (χ4n) is 4.67. The SMILES string of the molecule is Cc1cc(Oc2ccccc2)c(F)cc1N1C(=O)Nc2c(C(=O)N[C@@H]3CCCOC3)sc3nccc1c23. The maximum Gasteiger partial charge on any atom is 0.331 e. The van der Waals surface area contributed by atoms with Gasteiger partial charge in [-0.25, -0.2) is 14.2 Å². The number of pyridine rings is 1. The van der Waals surface area contributed by atoms with Gasteiger partial charge in [0, 0.05) is 18.9 Å². The van der Waals surface area contributed by atoms with Gasteiger partial charge < -0.3 is 20.1 Å².